The standard InChI is InChI=1S/C17H19NO4S/c1-3-22-16-8-6-5-7-15(16)17(19)18-13-9-11-14(12-10-13)23(20,21)4-2/h5-12H,3-4H2,1-2H3,(H,18,19). The van der Waals surface area contributed by atoms with E-state index in [-0.39, 0.29) is 16.6 Å². The minimum absolute atomic E-state index is 0.0421. The average molecular weight is 333 g/mol. The van der Waals surface area contributed by atoms with Gasteiger partial charge in [-0.25, -0.2) is 8.42 Å². The molecule has 6 heteroatoms. The van der Waals surface area contributed by atoms with Crippen LogP contribution in [0.1, 0.15) is 24.2 Å². The summed E-state index contributed by atoms with van der Waals surface area (Å²) in [7, 11) is -3.24. The van der Waals surface area contributed by atoms with Gasteiger partial charge in [-0.3, -0.25) is 4.79 Å². The van der Waals surface area contributed by atoms with Gasteiger partial charge in [0.1, 0.15) is 5.75 Å². The van der Waals surface area contributed by atoms with Gasteiger partial charge in [0.15, 0.2) is 9.84 Å². The van der Waals surface area contributed by atoms with E-state index in [0.717, 1.165) is 0 Å². The molecule has 0 bridgehead atoms. The SMILES string of the molecule is CCOc1ccccc1C(=O)Nc1ccc(S(=O)(=O)CC)cc1. The number of benzene rings is 2. The van der Waals surface area contributed by atoms with Crippen molar-refractivity contribution < 1.29 is 17.9 Å². The first-order chi connectivity index (χ1) is 11.0. The van der Waals surface area contributed by atoms with Gasteiger partial charge < -0.3 is 10.1 Å². The Kier molecular flexibility index (Phi) is 5.39. The van der Waals surface area contributed by atoms with Crippen molar-refractivity contribution in [3.8, 4) is 5.75 Å². The lowest BCUT2D eigenvalue weighted by Gasteiger charge is -2.10. The topological polar surface area (TPSA) is 72.5 Å². The summed E-state index contributed by atoms with van der Waals surface area (Å²) >= 11 is 0. The van der Waals surface area contributed by atoms with Crippen LogP contribution in [0.15, 0.2) is 53.4 Å². The molecule has 1 amide bonds. The molecule has 23 heavy (non-hydrogen) atoms. The third-order valence-corrected chi connectivity index (χ3v) is 5.03. The fourth-order valence-electron chi connectivity index (χ4n) is 2.05. The summed E-state index contributed by atoms with van der Waals surface area (Å²) < 4.78 is 29.0. The number of nitrogens with one attached hydrogen (secondary N) is 1. The molecule has 5 nitrogen and oxygen atoms in total. The van der Waals surface area contributed by atoms with Crippen LogP contribution in [0.5, 0.6) is 5.75 Å². The molecule has 0 spiro atoms. The maximum absolute atomic E-state index is 12.3. The molecule has 0 atom stereocenters. The molecule has 0 aliphatic rings. The third kappa shape index (κ3) is 4.10. The highest BCUT2D eigenvalue weighted by Crippen LogP contribution is 2.21. The van der Waals surface area contributed by atoms with E-state index in [4.69, 9.17) is 4.74 Å². The maximum atomic E-state index is 12.3. The normalized spacial score (nSPS) is 11.0. The van der Waals surface area contributed by atoms with Crippen molar-refractivity contribution in [1.29, 1.82) is 0 Å². The number of amides is 1. The quantitative estimate of drug-likeness (QED) is 0.881. The number of para-hydroxylation sites is 1. The zero-order valence-electron chi connectivity index (χ0n) is 13.1. The highest BCUT2D eigenvalue weighted by Gasteiger charge is 2.14. The van der Waals surface area contributed by atoms with Gasteiger partial charge in [0, 0.05) is 5.69 Å². The van der Waals surface area contributed by atoms with Crippen LogP contribution < -0.4 is 10.1 Å². The lowest BCUT2D eigenvalue weighted by molar-refractivity contribution is 0.102. The van der Waals surface area contributed by atoms with E-state index in [1.165, 1.54) is 12.1 Å². The highest BCUT2D eigenvalue weighted by atomic mass is 32.2. The van der Waals surface area contributed by atoms with Gasteiger partial charge in [-0.05, 0) is 43.3 Å². The molecule has 2 rings (SSSR count). The molecule has 0 unspecified atom stereocenters. The molecule has 2 aromatic rings. The molecule has 0 radical (unpaired) electrons. The predicted octanol–water partition coefficient (Wildman–Crippen LogP) is 3.13. The van der Waals surface area contributed by atoms with Crippen molar-refractivity contribution in [2.45, 2.75) is 18.7 Å². The Morgan fingerprint density at radius 1 is 1.04 bits per heavy atom. The third-order valence-electron chi connectivity index (χ3n) is 3.28. The fraction of sp³-hybridized carbons (Fsp3) is 0.235. The first-order valence-electron chi connectivity index (χ1n) is 7.34. The van der Waals surface area contributed by atoms with Crippen molar-refractivity contribution in [3.63, 3.8) is 0 Å². The van der Waals surface area contributed by atoms with Crippen LogP contribution in [0, 0.1) is 0 Å². The number of anilines is 1. The van der Waals surface area contributed by atoms with E-state index in [2.05, 4.69) is 5.32 Å². The Morgan fingerprint density at radius 3 is 2.30 bits per heavy atom. The molecular weight excluding hydrogens is 314 g/mol. The van der Waals surface area contributed by atoms with Gasteiger partial charge in [-0.1, -0.05) is 19.1 Å². The van der Waals surface area contributed by atoms with Crippen LogP contribution in [-0.2, 0) is 9.84 Å². The van der Waals surface area contributed by atoms with E-state index in [1.54, 1.807) is 43.3 Å². The molecule has 0 aliphatic heterocycles. The molecule has 0 fully saturated rings. The molecule has 2 aromatic carbocycles. The fourth-order valence-corrected chi connectivity index (χ4v) is 2.93. The smallest absolute Gasteiger partial charge is 0.259 e. The van der Waals surface area contributed by atoms with Gasteiger partial charge in [0.2, 0.25) is 0 Å². The highest BCUT2D eigenvalue weighted by molar-refractivity contribution is 7.91. The monoisotopic (exact) mass is 333 g/mol. The summed E-state index contributed by atoms with van der Waals surface area (Å²) in [4.78, 5) is 12.6. The van der Waals surface area contributed by atoms with Gasteiger partial charge >= 0.3 is 0 Å². The summed E-state index contributed by atoms with van der Waals surface area (Å²) in [6.07, 6.45) is 0. The Morgan fingerprint density at radius 2 is 1.70 bits per heavy atom. The Hall–Kier alpha value is -2.34. The van der Waals surface area contributed by atoms with E-state index >= 15 is 0 Å². The van der Waals surface area contributed by atoms with Gasteiger partial charge in [-0.15, -0.1) is 0 Å². The second kappa shape index (κ2) is 7.28. The van der Waals surface area contributed by atoms with Gasteiger partial charge in [0.05, 0.1) is 22.8 Å². The van der Waals surface area contributed by atoms with E-state index < -0.39 is 9.84 Å². The number of sulfone groups is 1. The van der Waals surface area contributed by atoms with Gasteiger partial charge in [-0.2, -0.15) is 0 Å². The van der Waals surface area contributed by atoms with Crippen molar-refractivity contribution in [2.75, 3.05) is 17.7 Å². The van der Waals surface area contributed by atoms with Crippen molar-refractivity contribution in [2.24, 2.45) is 0 Å². The largest absolute Gasteiger partial charge is 0.493 e. The van der Waals surface area contributed by atoms with Crippen LogP contribution in [0.4, 0.5) is 5.69 Å². The second-order valence-corrected chi connectivity index (χ2v) is 7.09. The molecular formula is C17H19NO4S. The molecule has 0 saturated heterocycles. The molecule has 0 aromatic heterocycles. The first-order valence-corrected chi connectivity index (χ1v) is 8.99. The molecule has 1 N–H and O–H groups in total. The molecule has 122 valence electrons. The van der Waals surface area contributed by atoms with E-state index in [9.17, 15) is 13.2 Å². The lowest BCUT2D eigenvalue weighted by Crippen LogP contribution is -2.13. The maximum Gasteiger partial charge on any atom is 0.259 e. The lowest BCUT2D eigenvalue weighted by atomic mass is 10.2. The first kappa shape index (κ1) is 17.0. The average Bonchev–Trinajstić information content (AvgIpc) is 2.56. The molecule has 0 heterocycles. The van der Waals surface area contributed by atoms with Crippen LogP contribution in [0.25, 0.3) is 0 Å². The second-order valence-electron chi connectivity index (χ2n) is 4.81. The number of hydrogen-bond acceptors (Lipinski definition) is 4. The van der Waals surface area contributed by atoms with Gasteiger partial charge in [0.25, 0.3) is 5.91 Å². The van der Waals surface area contributed by atoms with Crippen molar-refractivity contribution >= 4 is 21.4 Å². The summed E-state index contributed by atoms with van der Waals surface area (Å²) in [5.74, 6) is 0.248. The summed E-state index contributed by atoms with van der Waals surface area (Å²) in [5, 5.41) is 2.74. The number of carbonyl (C=O) groups excluding carboxylic acids is 1. The van der Waals surface area contributed by atoms with Crippen molar-refractivity contribution in [3.05, 3.63) is 54.1 Å². The molecule has 0 saturated carbocycles. The summed E-state index contributed by atoms with van der Waals surface area (Å²) in [5.41, 5.74) is 0.955. The zero-order valence-corrected chi connectivity index (χ0v) is 13.9. The van der Waals surface area contributed by atoms with Crippen LogP contribution >= 0.6 is 0 Å². The van der Waals surface area contributed by atoms with E-state index in [0.29, 0.717) is 23.6 Å². The Labute approximate surface area is 136 Å². The van der Waals surface area contributed by atoms with Crippen LogP contribution in [-0.4, -0.2) is 26.7 Å². The zero-order chi connectivity index (χ0) is 16.9. The number of carbonyl (C=O) groups is 1. The van der Waals surface area contributed by atoms with Crippen LogP contribution in [0.3, 0.4) is 0 Å². The molecule has 0 aliphatic carbocycles. The predicted molar refractivity (Wildman–Crippen MR) is 89.7 cm³/mol. The van der Waals surface area contributed by atoms with Crippen molar-refractivity contribution in [1.82, 2.24) is 0 Å². The minimum Gasteiger partial charge on any atom is -0.493 e. The number of hydrogen-bond donors (Lipinski definition) is 1. The summed E-state index contributed by atoms with van der Waals surface area (Å²) in [6.45, 7) is 3.91. The summed E-state index contributed by atoms with van der Waals surface area (Å²) in [6, 6.07) is 13.1. The van der Waals surface area contributed by atoms with Crippen LogP contribution in [0.2, 0.25) is 0 Å². The number of ether oxygens (including phenoxy) is 1. The minimum atomic E-state index is -3.24. The number of rotatable bonds is 6. The van der Waals surface area contributed by atoms with E-state index in [1.807, 2.05) is 6.92 Å². The Balaban J connectivity index is 2.18. The Bertz CT molecular complexity index is 782.